The fourth-order valence-electron chi connectivity index (χ4n) is 2.70. The maximum absolute atomic E-state index is 12.7. The number of nitrogens with one attached hydrogen (secondary N) is 3. The van der Waals surface area contributed by atoms with E-state index in [1.165, 1.54) is 19.1 Å². The number of halogens is 1. The number of anilines is 2. The highest BCUT2D eigenvalue weighted by Gasteiger charge is 2.40. The van der Waals surface area contributed by atoms with Gasteiger partial charge < -0.3 is 5.32 Å². The molecule has 0 aliphatic carbocycles. The molecule has 11 heteroatoms. The lowest BCUT2D eigenvalue weighted by molar-refractivity contribution is -0.131. The summed E-state index contributed by atoms with van der Waals surface area (Å²) in [5.41, 5.74) is 3.31. The Hall–Kier alpha value is -3.61. The first-order valence-electron chi connectivity index (χ1n) is 8.92. The summed E-state index contributed by atoms with van der Waals surface area (Å²) in [4.78, 5) is 61.0. The summed E-state index contributed by atoms with van der Waals surface area (Å²) < 4.78 is 0.910. The van der Waals surface area contributed by atoms with Crippen molar-refractivity contribution in [1.29, 1.82) is 0 Å². The van der Waals surface area contributed by atoms with Gasteiger partial charge in [0.1, 0.15) is 0 Å². The van der Waals surface area contributed by atoms with Gasteiger partial charge in [0, 0.05) is 28.0 Å². The average Bonchev–Trinajstić information content (AvgIpc) is 2.71. The molecule has 158 valence electrons. The van der Waals surface area contributed by atoms with Crippen LogP contribution in [0.4, 0.5) is 16.2 Å². The van der Waals surface area contributed by atoms with Gasteiger partial charge in [-0.15, -0.1) is 0 Å². The molecule has 0 spiro atoms. The van der Waals surface area contributed by atoms with Gasteiger partial charge in [-0.1, -0.05) is 0 Å². The molecule has 31 heavy (non-hydrogen) atoms. The molecule has 1 heterocycles. The minimum Gasteiger partial charge on any atom is -0.326 e. The molecular weight excluding hydrogens is 517 g/mol. The topological polar surface area (TPSA) is 137 Å². The van der Waals surface area contributed by atoms with E-state index in [4.69, 9.17) is 0 Å². The molecule has 0 bridgehead atoms. The molecule has 1 saturated heterocycles. The quantitative estimate of drug-likeness (QED) is 0.233. The number of barbiturate groups is 1. The summed E-state index contributed by atoms with van der Waals surface area (Å²) in [6, 6.07) is 11.8. The SMILES string of the molecule is CC(=O)Nc1ccc(C(=O)N/N=C\[C@@H]2C(=O)NC(=O)N(c3ccc(I)cc3)C2=O)cc1. The van der Waals surface area contributed by atoms with Crippen molar-refractivity contribution in [2.75, 3.05) is 10.2 Å². The summed E-state index contributed by atoms with van der Waals surface area (Å²) in [5.74, 6) is -3.84. The van der Waals surface area contributed by atoms with Crippen LogP contribution in [0.2, 0.25) is 0 Å². The number of carbonyl (C=O) groups is 5. The number of hydrazone groups is 1. The smallest absolute Gasteiger partial charge is 0.326 e. The zero-order valence-corrected chi connectivity index (χ0v) is 18.2. The number of amides is 6. The fourth-order valence-corrected chi connectivity index (χ4v) is 3.06. The van der Waals surface area contributed by atoms with Crippen LogP contribution in [-0.2, 0) is 14.4 Å². The Morgan fingerprint density at radius 2 is 1.71 bits per heavy atom. The van der Waals surface area contributed by atoms with Crippen molar-refractivity contribution in [2.45, 2.75) is 6.92 Å². The number of carbonyl (C=O) groups excluding carboxylic acids is 5. The maximum Gasteiger partial charge on any atom is 0.335 e. The Bertz CT molecular complexity index is 1080. The Kier molecular flexibility index (Phi) is 6.74. The van der Waals surface area contributed by atoms with Gasteiger partial charge >= 0.3 is 6.03 Å². The van der Waals surface area contributed by atoms with Crippen LogP contribution in [-0.4, -0.2) is 35.9 Å². The second kappa shape index (κ2) is 9.47. The monoisotopic (exact) mass is 533 g/mol. The van der Waals surface area contributed by atoms with Crippen LogP contribution in [0.5, 0.6) is 0 Å². The summed E-state index contributed by atoms with van der Waals surface area (Å²) in [5, 5.41) is 8.37. The van der Waals surface area contributed by atoms with Crippen LogP contribution in [0.15, 0.2) is 53.6 Å². The standard InChI is InChI=1S/C20H16IN5O5/c1-11(27)23-14-6-2-12(3-7-14)17(28)25-22-10-16-18(29)24-20(31)26(19(16)30)15-8-4-13(21)5-9-15/h2-10,16H,1H3,(H,23,27)(H,25,28)(H,24,29,31)/b22-10-/t16-/m1/s1. The van der Waals surface area contributed by atoms with E-state index in [1.807, 2.05) is 0 Å². The highest BCUT2D eigenvalue weighted by Crippen LogP contribution is 2.21. The van der Waals surface area contributed by atoms with E-state index in [0.29, 0.717) is 11.4 Å². The van der Waals surface area contributed by atoms with Gasteiger partial charge in [-0.3, -0.25) is 24.5 Å². The lowest BCUT2D eigenvalue weighted by Gasteiger charge is -2.28. The Morgan fingerprint density at radius 3 is 2.32 bits per heavy atom. The van der Waals surface area contributed by atoms with Gasteiger partial charge in [-0.25, -0.2) is 15.1 Å². The van der Waals surface area contributed by atoms with Gasteiger partial charge in [-0.05, 0) is 71.1 Å². The highest BCUT2D eigenvalue weighted by molar-refractivity contribution is 14.1. The van der Waals surface area contributed by atoms with Gasteiger partial charge in [0.05, 0.1) is 5.69 Å². The first kappa shape index (κ1) is 22.1. The highest BCUT2D eigenvalue weighted by atomic mass is 127. The Labute approximate surface area is 190 Å². The summed E-state index contributed by atoms with van der Waals surface area (Å²) in [6.45, 7) is 1.37. The Balaban J connectivity index is 1.68. The minimum absolute atomic E-state index is 0.241. The van der Waals surface area contributed by atoms with Gasteiger partial charge in [0.2, 0.25) is 11.8 Å². The molecule has 2 aromatic carbocycles. The molecule has 3 N–H and O–H groups in total. The molecule has 3 rings (SSSR count). The van der Waals surface area contributed by atoms with E-state index in [-0.39, 0.29) is 11.5 Å². The first-order valence-corrected chi connectivity index (χ1v) is 9.99. The van der Waals surface area contributed by atoms with E-state index in [0.717, 1.165) is 14.7 Å². The van der Waals surface area contributed by atoms with E-state index < -0.39 is 29.7 Å². The van der Waals surface area contributed by atoms with Gasteiger partial charge in [0.25, 0.3) is 11.8 Å². The van der Waals surface area contributed by atoms with Crippen molar-refractivity contribution in [3.63, 3.8) is 0 Å². The third-order valence-electron chi connectivity index (χ3n) is 4.14. The number of imide groups is 2. The number of rotatable bonds is 5. The molecule has 1 atom stereocenters. The van der Waals surface area contributed by atoms with Gasteiger partial charge in [0.15, 0.2) is 5.92 Å². The molecule has 0 aromatic heterocycles. The second-order valence-corrected chi connectivity index (χ2v) is 7.65. The van der Waals surface area contributed by atoms with Crippen molar-refractivity contribution in [3.8, 4) is 0 Å². The number of nitrogens with zero attached hydrogens (tertiary/aromatic N) is 2. The number of urea groups is 1. The van der Waals surface area contributed by atoms with Crippen molar-refractivity contribution < 1.29 is 24.0 Å². The molecular formula is C20H16IN5O5. The number of benzene rings is 2. The predicted octanol–water partition coefficient (Wildman–Crippen LogP) is 1.86. The molecule has 0 unspecified atom stereocenters. The normalized spacial score (nSPS) is 16.3. The van der Waals surface area contributed by atoms with Crippen molar-refractivity contribution >= 4 is 69.8 Å². The molecule has 0 radical (unpaired) electrons. The predicted molar refractivity (Wildman–Crippen MR) is 120 cm³/mol. The largest absolute Gasteiger partial charge is 0.335 e. The second-order valence-electron chi connectivity index (χ2n) is 6.40. The van der Waals surface area contributed by atoms with Crippen LogP contribution >= 0.6 is 22.6 Å². The lowest BCUT2D eigenvalue weighted by atomic mass is 10.1. The average molecular weight is 533 g/mol. The fraction of sp³-hybridized carbons (Fsp3) is 0.100. The van der Waals surface area contributed by atoms with Gasteiger partial charge in [-0.2, -0.15) is 5.10 Å². The molecule has 1 aliphatic heterocycles. The van der Waals surface area contributed by atoms with E-state index in [2.05, 4.69) is 43.8 Å². The lowest BCUT2D eigenvalue weighted by Crippen LogP contribution is -2.58. The first-order chi connectivity index (χ1) is 14.8. The third-order valence-corrected chi connectivity index (χ3v) is 4.86. The van der Waals surface area contributed by atoms with Crippen molar-refractivity contribution in [1.82, 2.24) is 10.7 Å². The van der Waals surface area contributed by atoms with Crippen LogP contribution in [0.25, 0.3) is 0 Å². The van der Waals surface area contributed by atoms with Crippen molar-refractivity contribution in [2.24, 2.45) is 11.0 Å². The Morgan fingerprint density at radius 1 is 1.06 bits per heavy atom. The maximum atomic E-state index is 12.7. The number of hydrogen-bond acceptors (Lipinski definition) is 6. The summed E-state index contributed by atoms with van der Waals surface area (Å²) in [7, 11) is 0. The summed E-state index contributed by atoms with van der Waals surface area (Å²) in [6.07, 6.45) is 0.966. The van der Waals surface area contributed by atoms with Crippen LogP contribution in [0.1, 0.15) is 17.3 Å². The molecule has 1 fully saturated rings. The van der Waals surface area contributed by atoms with Crippen LogP contribution < -0.4 is 21.0 Å². The molecule has 2 aromatic rings. The third kappa shape index (κ3) is 5.31. The van der Waals surface area contributed by atoms with E-state index in [9.17, 15) is 24.0 Å². The molecule has 1 aliphatic rings. The molecule has 10 nitrogen and oxygen atoms in total. The van der Waals surface area contributed by atoms with Crippen LogP contribution in [0, 0.1) is 9.49 Å². The van der Waals surface area contributed by atoms with E-state index >= 15 is 0 Å². The molecule has 0 saturated carbocycles. The molecule has 6 amide bonds. The van der Waals surface area contributed by atoms with Crippen LogP contribution in [0.3, 0.4) is 0 Å². The zero-order chi connectivity index (χ0) is 22.5. The summed E-state index contributed by atoms with van der Waals surface area (Å²) >= 11 is 2.08. The number of hydrogen-bond donors (Lipinski definition) is 3. The zero-order valence-electron chi connectivity index (χ0n) is 16.1. The minimum atomic E-state index is -1.39. The van der Waals surface area contributed by atoms with E-state index in [1.54, 1.807) is 36.4 Å². The van der Waals surface area contributed by atoms with Crippen molar-refractivity contribution in [3.05, 3.63) is 57.7 Å².